The summed E-state index contributed by atoms with van der Waals surface area (Å²) in [4.78, 5) is 12.9. The van der Waals surface area contributed by atoms with Gasteiger partial charge in [0, 0.05) is 23.1 Å². The normalized spacial score (nSPS) is 16.7. The molecule has 0 saturated carbocycles. The van der Waals surface area contributed by atoms with Gasteiger partial charge in [0.25, 0.3) is 0 Å². The molecule has 0 bridgehead atoms. The molecule has 1 unspecified atom stereocenters. The van der Waals surface area contributed by atoms with Crippen molar-refractivity contribution in [2.24, 2.45) is 0 Å². The topological polar surface area (TPSA) is 26.3 Å². The molecule has 0 saturated heterocycles. The lowest BCUT2D eigenvalue weighted by Gasteiger charge is -2.40. The molecule has 0 amide bonds. The number of ether oxygens (including phenoxy) is 1. The Hall–Kier alpha value is -3.65. The van der Waals surface area contributed by atoms with Gasteiger partial charge in [-0.15, -0.1) is 0 Å². The monoisotopic (exact) mass is 390 g/mol. The third kappa shape index (κ3) is 2.76. The second-order valence-electron chi connectivity index (χ2n) is 7.91. The van der Waals surface area contributed by atoms with E-state index in [1.165, 1.54) is 5.56 Å². The first kappa shape index (κ1) is 18.4. The van der Waals surface area contributed by atoms with Gasteiger partial charge >= 0.3 is 5.97 Å². The zero-order chi connectivity index (χ0) is 20.7. The first-order valence-electron chi connectivity index (χ1n) is 10.1. The molecule has 0 radical (unpaired) electrons. The Morgan fingerprint density at radius 3 is 2.20 bits per heavy atom. The first-order chi connectivity index (χ1) is 14.6. The fraction of sp³-hybridized carbons (Fsp3) is 0.107. The van der Waals surface area contributed by atoms with Gasteiger partial charge in [-0.1, -0.05) is 97.6 Å². The van der Waals surface area contributed by atoms with Crippen LogP contribution in [0.5, 0.6) is 0 Å². The van der Waals surface area contributed by atoms with Crippen LogP contribution in [0.4, 0.5) is 0 Å². The highest BCUT2D eigenvalue weighted by Crippen LogP contribution is 2.51. The van der Waals surface area contributed by atoms with Gasteiger partial charge in [0.2, 0.25) is 0 Å². The maximum atomic E-state index is 12.9. The zero-order valence-corrected chi connectivity index (χ0v) is 16.9. The van der Waals surface area contributed by atoms with E-state index in [2.05, 4.69) is 61.2 Å². The summed E-state index contributed by atoms with van der Waals surface area (Å²) in [6.45, 7) is 5.53. The van der Waals surface area contributed by atoms with Crippen molar-refractivity contribution in [3.63, 3.8) is 0 Å². The molecule has 30 heavy (non-hydrogen) atoms. The molecule has 0 heterocycles. The quantitative estimate of drug-likeness (QED) is 0.297. The molecule has 146 valence electrons. The Labute approximate surface area is 176 Å². The highest BCUT2D eigenvalue weighted by Gasteiger charge is 2.44. The van der Waals surface area contributed by atoms with Crippen LogP contribution in [0.2, 0.25) is 0 Å². The number of hydrogen-bond acceptors (Lipinski definition) is 2. The van der Waals surface area contributed by atoms with Crippen LogP contribution in [-0.2, 0) is 21.6 Å². The molecular formula is C28H22O2. The third-order valence-electron chi connectivity index (χ3n) is 5.90. The van der Waals surface area contributed by atoms with Crippen molar-refractivity contribution in [2.45, 2.75) is 18.9 Å². The molecule has 4 aromatic carbocycles. The van der Waals surface area contributed by atoms with E-state index in [1.807, 2.05) is 36.4 Å². The van der Waals surface area contributed by atoms with Crippen molar-refractivity contribution >= 4 is 16.7 Å². The van der Waals surface area contributed by atoms with Gasteiger partial charge in [-0.2, -0.15) is 0 Å². The van der Waals surface area contributed by atoms with Gasteiger partial charge in [-0.05, 0) is 34.4 Å². The molecule has 1 atom stereocenters. The predicted molar refractivity (Wildman–Crippen MR) is 121 cm³/mol. The molecule has 5 rings (SSSR count). The molecule has 0 aliphatic heterocycles. The number of carbonyl (C=O) groups excluding carboxylic acids is 1. The van der Waals surface area contributed by atoms with Gasteiger partial charge in [0.15, 0.2) is 5.60 Å². The largest absolute Gasteiger partial charge is 0.445 e. The number of hydrogen-bond donors (Lipinski definition) is 0. The number of fused-ring (bicyclic) bond motifs is 2. The van der Waals surface area contributed by atoms with Crippen LogP contribution in [0.15, 0.2) is 103 Å². The Balaban J connectivity index is 1.88. The van der Waals surface area contributed by atoms with E-state index in [1.54, 1.807) is 6.92 Å². The first-order valence-corrected chi connectivity index (χ1v) is 10.1. The van der Waals surface area contributed by atoms with Crippen molar-refractivity contribution in [3.8, 4) is 11.1 Å². The smallest absolute Gasteiger partial charge is 0.334 e. The van der Waals surface area contributed by atoms with Crippen molar-refractivity contribution in [3.05, 3.63) is 120 Å². The van der Waals surface area contributed by atoms with E-state index < -0.39 is 5.60 Å². The summed E-state index contributed by atoms with van der Waals surface area (Å²) < 4.78 is 6.38. The lowest BCUT2D eigenvalue weighted by Crippen LogP contribution is -2.38. The minimum absolute atomic E-state index is 0.378. The van der Waals surface area contributed by atoms with E-state index >= 15 is 0 Å². The molecule has 2 heteroatoms. The van der Waals surface area contributed by atoms with Crippen LogP contribution in [0.25, 0.3) is 21.9 Å². The summed E-state index contributed by atoms with van der Waals surface area (Å²) in [6.07, 6.45) is 0.553. The molecule has 0 spiro atoms. The fourth-order valence-corrected chi connectivity index (χ4v) is 4.58. The standard InChI is InChI=1S/C28H22O2/c1-19(2)27(29)30-28(18-20-10-4-3-5-11-20)24-16-7-6-14-22(24)23-15-8-12-21-13-9-17-25(28)26(21)23/h3-17H,1,18H2,2H3. The van der Waals surface area contributed by atoms with Crippen LogP contribution in [-0.4, -0.2) is 5.97 Å². The maximum Gasteiger partial charge on any atom is 0.334 e. The average molecular weight is 390 g/mol. The highest BCUT2D eigenvalue weighted by atomic mass is 16.6. The summed E-state index contributed by atoms with van der Waals surface area (Å²) in [6, 6.07) is 31.1. The second kappa shape index (κ2) is 7.00. The molecule has 1 aliphatic carbocycles. The molecular weight excluding hydrogens is 368 g/mol. The lowest BCUT2D eigenvalue weighted by molar-refractivity contribution is -0.151. The van der Waals surface area contributed by atoms with Crippen LogP contribution < -0.4 is 0 Å². The lowest BCUT2D eigenvalue weighted by atomic mass is 9.71. The fourth-order valence-electron chi connectivity index (χ4n) is 4.58. The van der Waals surface area contributed by atoms with Crippen LogP contribution in [0, 0.1) is 0 Å². The van der Waals surface area contributed by atoms with Crippen LogP contribution in [0.1, 0.15) is 23.6 Å². The van der Waals surface area contributed by atoms with Crippen LogP contribution in [0.3, 0.4) is 0 Å². The Morgan fingerprint density at radius 2 is 1.43 bits per heavy atom. The molecule has 0 aromatic heterocycles. The van der Waals surface area contributed by atoms with Crippen molar-refractivity contribution in [1.82, 2.24) is 0 Å². The van der Waals surface area contributed by atoms with E-state index in [0.29, 0.717) is 12.0 Å². The van der Waals surface area contributed by atoms with Crippen molar-refractivity contribution < 1.29 is 9.53 Å². The second-order valence-corrected chi connectivity index (χ2v) is 7.91. The van der Waals surface area contributed by atoms with E-state index in [4.69, 9.17) is 4.74 Å². The van der Waals surface area contributed by atoms with Gasteiger partial charge in [-0.25, -0.2) is 4.79 Å². The molecule has 0 N–H and O–H groups in total. The predicted octanol–water partition coefficient (Wildman–Crippen LogP) is 6.43. The SMILES string of the molecule is C=C(C)C(=O)OC1(Cc2ccccc2)c2ccccc2-c2cccc3cccc1c23. The summed E-state index contributed by atoms with van der Waals surface area (Å²) in [5, 5.41) is 2.28. The van der Waals surface area contributed by atoms with Crippen LogP contribution >= 0.6 is 0 Å². The molecule has 1 aliphatic rings. The van der Waals surface area contributed by atoms with E-state index in [0.717, 1.165) is 33.0 Å². The number of benzene rings is 4. The van der Waals surface area contributed by atoms with Crippen molar-refractivity contribution in [2.75, 3.05) is 0 Å². The molecule has 2 nitrogen and oxygen atoms in total. The maximum absolute atomic E-state index is 12.9. The van der Waals surface area contributed by atoms with E-state index in [9.17, 15) is 4.79 Å². The summed E-state index contributed by atoms with van der Waals surface area (Å²) >= 11 is 0. The van der Waals surface area contributed by atoms with Crippen molar-refractivity contribution in [1.29, 1.82) is 0 Å². The van der Waals surface area contributed by atoms with Gasteiger partial charge in [0.05, 0.1) is 0 Å². The van der Waals surface area contributed by atoms with Gasteiger partial charge in [0.1, 0.15) is 0 Å². The summed E-state index contributed by atoms with van der Waals surface area (Å²) in [5.74, 6) is -0.378. The molecule has 4 aromatic rings. The Bertz CT molecular complexity index is 1280. The van der Waals surface area contributed by atoms with Gasteiger partial charge in [-0.3, -0.25) is 0 Å². The summed E-state index contributed by atoms with van der Waals surface area (Å²) in [5.41, 5.74) is 4.88. The minimum Gasteiger partial charge on any atom is -0.445 e. The Kier molecular flexibility index (Phi) is 4.29. The van der Waals surface area contributed by atoms with Gasteiger partial charge < -0.3 is 4.74 Å². The number of rotatable bonds is 4. The minimum atomic E-state index is -0.929. The molecule has 0 fully saturated rings. The average Bonchev–Trinajstić information content (AvgIpc) is 2.78. The van der Waals surface area contributed by atoms with E-state index in [-0.39, 0.29) is 5.97 Å². The zero-order valence-electron chi connectivity index (χ0n) is 16.9. The Morgan fingerprint density at radius 1 is 0.800 bits per heavy atom. The highest BCUT2D eigenvalue weighted by molar-refractivity contribution is 6.03. The number of carbonyl (C=O) groups is 1. The summed E-state index contributed by atoms with van der Waals surface area (Å²) in [7, 11) is 0. The third-order valence-corrected chi connectivity index (χ3v) is 5.90. The number of esters is 1.